The van der Waals surface area contributed by atoms with Crippen LogP contribution in [-0.2, 0) is 9.59 Å². The Labute approximate surface area is 102 Å². The second-order valence-corrected chi connectivity index (χ2v) is 4.89. The highest BCUT2D eigenvalue weighted by molar-refractivity contribution is 5.86. The number of carboxylic acids is 1. The molecule has 5 N–H and O–H groups in total. The molecule has 17 heavy (non-hydrogen) atoms. The zero-order valence-corrected chi connectivity index (χ0v) is 10.1. The molecule has 1 fully saturated rings. The van der Waals surface area contributed by atoms with Gasteiger partial charge in [-0.05, 0) is 44.6 Å². The Morgan fingerprint density at radius 3 is 2.29 bits per heavy atom. The van der Waals surface area contributed by atoms with Gasteiger partial charge in [0.2, 0.25) is 0 Å². The average molecular weight is 242 g/mol. The molecule has 5 heteroatoms. The third-order valence-corrected chi connectivity index (χ3v) is 3.62. The average Bonchev–Trinajstić information content (AvgIpc) is 2.35. The summed E-state index contributed by atoms with van der Waals surface area (Å²) < 4.78 is 0. The highest BCUT2D eigenvalue weighted by Crippen LogP contribution is 2.29. The minimum Gasteiger partial charge on any atom is -0.481 e. The number of hydrogen-bond donors (Lipinski definition) is 3. The maximum Gasteiger partial charge on any atom is 0.303 e. The van der Waals surface area contributed by atoms with Gasteiger partial charge in [0.05, 0.1) is 6.04 Å². The molecule has 1 saturated carbocycles. The van der Waals surface area contributed by atoms with Gasteiger partial charge in [0.25, 0.3) is 0 Å². The molecule has 0 radical (unpaired) electrons. The second kappa shape index (κ2) is 6.71. The van der Waals surface area contributed by atoms with Crippen molar-refractivity contribution in [2.45, 2.75) is 44.6 Å². The molecule has 1 atom stereocenters. The zero-order chi connectivity index (χ0) is 12.8. The van der Waals surface area contributed by atoms with Crippen molar-refractivity contribution in [3.63, 3.8) is 0 Å². The SMILES string of the molecule is NCC1CCC(C(=O)[C@@H](N)CCC(=O)O)CC1. The van der Waals surface area contributed by atoms with Gasteiger partial charge in [-0.15, -0.1) is 0 Å². The van der Waals surface area contributed by atoms with Crippen LogP contribution in [0.4, 0.5) is 0 Å². The highest BCUT2D eigenvalue weighted by atomic mass is 16.4. The van der Waals surface area contributed by atoms with Gasteiger partial charge in [-0.1, -0.05) is 0 Å². The van der Waals surface area contributed by atoms with Gasteiger partial charge in [-0.3, -0.25) is 9.59 Å². The summed E-state index contributed by atoms with van der Waals surface area (Å²) >= 11 is 0. The number of carbonyl (C=O) groups is 2. The molecule has 1 rings (SSSR count). The van der Waals surface area contributed by atoms with E-state index < -0.39 is 12.0 Å². The molecule has 0 saturated heterocycles. The molecular weight excluding hydrogens is 220 g/mol. The molecule has 0 aromatic heterocycles. The first-order valence-electron chi connectivity index (χ1n) is 6.25. The molecule has 0 spiro atoms. The largest absolute Gasteiger partial charge is 0.481 e. The van der Waals surface area contributed by atoms with Crippen LogP contribution in [0.1, 0.15) is 38.5 Å². The first-order valence-corrected chi connectivity index (χ1v) is 6.25. The van der Waals surface area contributed by atoms with Gasteiger partial charge in [0, 0.05) is 12.3 Å². The number of rotatable bonds is 6. The van der Waals surface area contributed by atoms with Crippen LogP contribution in [-0.4, -0.2) is 29.4 Å². The van der Waals surface area contributed by atoms with E-state index in [1.54, 1.807) is 0 Å². The number of nitrogens with two attached hydrogens (primary N) is 2. The lowest BCUT2D eigenvalue weighted by Gasteiger charge is -2.28. The Morgan fingerprint density at radius 1 is 1.24 bits per heavy atom. The quantitative estimate of drug-likeness (QED) is 0.629. The van der Waals surface area contributed by atoms with E-state index in [1.807, 2.05) is 0 Å². The van der Waals surface area contributed by atoms with E-state index in [0.717, 1.165) is 25.7 Å². The first-order chi connectivity index (χ1) is 8.04. The fourth-order valence-electron chi connectivity index (χ4n) is 2.41. The van der Waals surface area contributed by atoms with Crippen molar-refractivity contribution in [2.24, 2.45) is 23.3 Å². The van der Waals surface area contributed by atoms with Crippen LogP contribution in [0, 0.1) is 11.8 Å². The zero-order valence-electron chi connectivity index (χ0n) is 10.1. The summed E-state index contributed by atoms with van der Waals surface area (Å²) in [5.41, 5.74) is 11.3. The predicted octanol–water partition coefficient (Wildman–Crippen LogP) is 0.513. The number of ketones is 1. The van der Waals surface area contributed by atoms with Gasteiger partial charge in [0.1, 0.15) is 0 Å². The normalized spacial score (nSPS) is 26.5. The van der Waals surface area contributed by atoms with Crippen LogP contribution in [0.5, 0.6) is 0 Å². The van der Waals surface area contributed by atoms with Crippen LogP contribution < -0.4 is 11.5 Å². The summed E-state index contributed by atoms with van der Waals surface area (Å²) in [7, 11) is 0. The summed E-state index contributed by atoms with van der Waals surface area (Å²) in [5, 5.41) is 8.54. The Bertz CT molecular complexity index is 273. The van der Waals surface area contributed by atoms with Crippen molar-refractivity contribution in [1.82, 2.24) is 0 Å². The minimum absolute atomic E-state index is 0.0154. The lowest BCUT2D eigenvalue weighted by molar-refractivity contribution is -0.137. The first kappa shape index (κ1) is 14.1. The minimum atomic E-state index is -0.903. The molecule has 0 aliphatic heterocycles. The molecule has 0 amide bonds. The Balaban J connectivity index is 2.34. The lowest BCUT2D eigenvalue weighted by atomic mass is 9.78. The van der Waals surface area contributed by atoms with Crippen LogP contribution in [0.2, 0.25) is 0 Å². The predicted molar refractivity (Wildman–Crippen MR) is 64.4 cm³/mol. The van der Waals surface area contributed by atoms with Crippen molar-refractivity contribution in [3.8, 4) is 0 Å². The molecule has 0 aromatic carbocycles. The summed E-state index contributed by atoms with van der Waals surface area (Å²) in [6.07, 6.45) is 3.87. The summed E-state index contributed by atoms with van der Waals surface area (Å²) in [4.78, 5) is 22.4. The summed E-state index contributed by atoms with van der Waals surface area (Å²) in [6.45, 7) is 0.686. The lowest BCUT2D eigenvalue weighted by Crippen LogP contribution is -2.38. The molecule has 0 bridgehead atoms. The number of aliphatic carboxylic acids is 1. The van der Waals surface area contributed by atoms with Crippen LogP contribution >= 0.6 is 0 Å². The Hall–Kier alpha value is -0.940. The molecule has 0 unspecified atom stereocenters. The van der Waals surface area contributed by atoms with Gasteiger partial charge in [-0.2, -0.15) is 0 Å². The number of hydrogen-bond acceptors (Lipinski definition) is 4. The standard InChI is InChI=1S/C12H22N2O3/c13-7-8-1-3-9(4-2-8)12(17)10(14)5-6-11(15)16/h8-10H,1-7,13-14H2,(H,15,16)/t8?,9?,10-/m0/s1. The van der Waals surface area contributed by atoms with E-state index in [-0.39, 0.29) is 24.5 Å². The van der Waals surface area contributed by atoms with Gasteiger partial charge in [-0.25, -0.2) is 0 Å². The van der Waals surface area contributed by atoms with E-state index in [4.69, 9.17) is 16.6 Å². The van der Waals surface area contributed by atoms with Gasteiger partial charge < -0.3 is 16.6 Å². The summed E-state index contributed by atoms with van der Waals surface area (Å²) in [5.74, 6) is -0.322. The van der Waals surface area contributed by atoms with Crippen molar-refractivity contribution >= 4 is 11.8 Å². The Morgan fingerprint density at radius 2 is 1.82 bits per heavy atom. The summed E-state index contributed by atoms with van der Waals surface area (Å²) in [6, 6.07) is -0.620. The van der Waals surface area contributed by atoms with E-state index in [1.165, 1.54) is 0 Å². The third-order valence-electron chi connectivity index (χ3n) is 3.62. The number of Topliss-reactive ketones (excluding diaryl/α,β-unsaturated/α-hetero) is 1. The fourth-order valence-corrected chi connectivity index (χ4v) is 2.41. The van der Waals surface area contributed by atoms with Crippen LogP contribution in [0.3, 0.4) is 0 Å². The van der Waals surface area contributed by atoms with Gasteiger partial charge >= 0.3 is 5.97 Å². The van der Waals surface area contributed by atoms with Crippen LogP contribution in [0.15, 0.2) is 0 Å². The molecule has 5 nitrogen and oxygen atoms in total. The van der Waals surface area contributed by atoms with E-state index in [0.29, 0.717) is 12.5 Å². The van der Waals surface area contributed by atoms with Crippen molar-refractivity contribution in [2.75, 3.05) is 6.54 Å². The topological polar surface area (TPSA) is 106 Å². The van der Waals surface area contributed by atoms with E-state index in [9.17, 15) is 9.59 Å². The van der Waals surface area contributed by atoms with Gasteiger partial charge in [0.15, 0.2) is 5.78 Å². The van der Waals surface area contributed by atoms with E-state index >= 15 is 0 Å². The smallest absolute Gasteiger partial charge is 0.303 e. The number of carbonyl (C=O) groups excluding carboxylic acids is 1. The molecular formula is C12H22N2O3. The van der Waals surface area contributed by atoms with Crippen molar-refractivity contribution in [1.29, 1.82) is 0 Å². The maximum atomic E-state index is 12.0. The van der Waals surface area contributed by atoms with E-state index in [2.05, 4.69) is 0 Å². The van der Waals surface area contributed by atoms with Crippen molar-refractivity contribution < 1.29 is 14.7 Å². The molecule has 1 aliphatic rings. The molecule has 0 aromatic rings. The fraction of sp³-hybridized carbons (Fsp3) is 0.833. The van der Waals surface area contributed by atoms with Crippen LogP contribution in [0.25, 0.3) is 0 Å². The second-order valence-electron chi connectivity index (χ2n) is 4.89. The van der Waals surface area contributed by atoms with Crippen molar-refractivity contribution in [3.05, 3.63) is 0 Å². The molecule has 98 valence electrons. The molecule has 1 aliphatic carbocycles. The Kier molecular flexibility index (Phi) is 5.58. The molecule has 0 heterocycles. The maximum absolute atomic E-state index is 12.0. The highest BCUT2D eigenvalue weighted by Gasteiger charge is 2.28. The third kappa shape index (κ3) is 4.44. The monoisotopic (exact) mass is 242 g/mol. The number of carboxylic acid groups (broad SMARTS) is 1.